The third-order valence-corrected chi connectivity index (χ3v) is 5.93. The van der Waals surface area contributed by atoms with Crippen molar-refractivity contribution in [3.05, 3.63) is 0 Å². The summed E-state index contributed by atoms with van der Waals surface area (Å²) >= 11 is 0. The van der Waals surface area contributed by atoms with Crippen LogP contribution in [-0.2, 0) is 9.84 Å². The summed E-state index contributed by atoms with van der Waals surface area (Å²) in [5.74, 6) is 0.923. The van der Waals surface area contributed by atoms with Crippen LogP contribution in [0.5, 0.6) is 0 Å². The second-order valence-corrected chi connectivity index (χ2v) is 8.03. The van der Waals surface area contributed by atoms with Gasteiger partial charge in [-0.05, 0) is 18.8 Å². The minimum atomic E-state index is -2.92. The highest BCUT2D eigenvalue weighted by Gasteiger charge is 2.28. The molecule has 0 unspecified atom stereocenters. The summed E-state index contributed by atoms with van der Waals surface area (Å²) in [7, 11) is -2.92. The van der Waals surface area contributed by atoms with Crippen LogP contribution in [0, 0.1) is 5.92 Å². The number of amides is 2. The molecule has 2 amide bonds. The maximum absolute atomic E-state index is 12.1. The molecule has 19 heavy (non-hydrogen) atoms. The lowest BCUT2D eigenvalue weighted by atomic mass is 9.84. The number of carbonyl (C=O) groups excluding carboxylic acids is 1. The maximum atomic E-state index is 12.1. The number of rotatable bonds is 2. The molecule has 1 aliphatic carbocycles. The van der Waals surface area contributed by atoms with E-state index in [1.807, 2.05) is 0 Å². The molecule has 2 aliphatic rings. The van der Waals surface area contributed by atoms with Crippen molar-refractivity contribution in [2.24, 2.45) is 5.92 Å². The molecule has 2 atom stereocenters. The Bertz CT molecular complexity index is 408. The first kappa shape index (κ1) is 14.6. The van der Waals surface area contributed by atoms with E-state index >= 15 is 0 Å². The predicted octanol–water partition coefficient (Wildman–Crippen LogP) is 1.40. The molecular formula is C13H24N2O3S. The normalized spacial score (nSPS) is 30.9. The van der Waals surface area contributed by atoms with Gasteiger partial charge in [-0.15, -0.1) is 0 Å². The fraction of sp³-hybridized carbons (Fsp3) is 0.923. The van der Waals surface area contributed by atoms with Gasteiger partial charge in [0, 0.05) is 19.1 Å². The Morgan fingerprint density at radius 1 is 1.26 bits per heavy atom. The average molecular weight is 288 g/mol. The fourth-order valence-electron chi connectivity index (χ4n) is 2.97. The number of carbonyl (C=O) groups is 1. The molecule has 0 spiro atoms. The van der Waals surface area contributed by atoms with Gasteiger partial charge in [-0.1, -0.05) is 26.2 Å². The highest BCUT2D eigenvalue weighted by atomic mass is 32.2. The Hall–Kier alpha value is -0.780. The molecule has 1 N–H and O–H groups in total. The van der Waals surface area contributed by atoms with Crippen LogP contribution in [0.2, 0.25) is 0 Å². The van der Waals surface area contributed by atoms with Gasteiger partial charge in [-0.25, -0.2) is 13.2 Å². The lowest BCUT2D eigenvalue weighted by Crippen LogP contribution is -2.51. The SMILES string of the molecule is CC[C@@H]1CCC[C@@H](NC(=O)N2CCS(=O)(=O)CC2)C1. The van der Waals surface area contributed by atoms with Gasteiger partial charge in [-0.3, -0.25) is 0 Å². The number of sulfone groups is 1. The van der Waals surface area contributed by atoms with E-state index in [1.54, 1.807) is 4.90 Å². The minimum Gasteiger partial charge on any atom is -0.335 e. The summed E-state index contributed by atoms with van der Waals surface area (Å²) in [5, 5.41) is 3.07. The van der Waals surface area contributed by atoms with E-state index < -0.39 is 9.84 Å². The number of nitrogens with zero attached hydrogens (tertiary/aromatic N) is 1. The molecule has 1 saturated heterocycles. The van der Waals surface area contributed by atoms with Crippen molar-refractivity contribution >= 4 is 15.9 Å². The van der Waals surface area contributed by atoms with Crippen LogP contribution >= 0.6 is 0 Å². The van der Waals surface area contributed by atoms with E-state index in [0.29, 0.717) is 13.1 Å². The molecule has 1 heterocycles. The number of urea groups is 1. The van der Waals surface area contributed by atoms with Crippen molar-refractivity contribution in [2.45, 2.75) is 45.1 Å². The Kier molecular flexibility index (Phi) is 4.71. The third-order valence-electron chi connectivity index (χ3n) is 4.32. The van der Waals surface area contributed by atoms with Crippen molar-refractivity contribution < 1.29 is 13.2 Å². The van der Waals surface area contributed by atoms with Crippen molar-refractivity contribution in [1.29, 1.82) is 0 Å². The Balaban J connectivity index is 1.81. The van der Waals surface area contributed by atoms with Crippen LogP contribution in [0.15, 0.2) is 0 Å². The summed E-state index contributed by atoms with van der Waals surface area (Å²) in [4.78, 5) is 13.7. The van der Waals surface area contributed by atoms with E-state index in [4.69, 9.17) is 0 Å². The fourth-order valence-corrected chi connectivity index (χ4v) is 4.18. The van der Waals surface area contributed by atoms with Gasteiger partial charge in [0.15, 0.2) is 9.84 Å². The standard InChI is InChI=1S/C13H24N2O3S/c1-2-11-4-3-5-12(10-11)14-13(16)15-6-8-19(17,18)9-7-15/h11-12H,2-10H2,1H3,(H,14,16)/t11-,12-/m1/s1. The lowest BCUT2D eigenvalue weighted by Gasteiger charge is -2.33. The average Bonchev–Trinajstić information content (AvgIpc) is 2.38. The summed E-state index contributed by atoms with van der Waals surface area (Å²) in [5.41, 5.74) is 0. The molecule has 1 saturated carbocycles. The van der Waals surface area contributed by atoms with E-state index in [-0.39, 0.29) is 23.6 Å². The molecule has 6 heteroatoms. The van der Waals surface area contributed by atoms with Crippen LogP contribution in [0.25, 0.3) is 0 Å². The summed E-state index contributed by atoms with van der Waals surface area (Å²) in [6.07, 6.45) is 5.74. The molecule has 0 aromatic carbocycles. The molecule has 5 nitrogen and oxygen atoms in total. The zero-order valence-corrected chi connectivity index (χ0v) is 12.4. The first-order valence-corrected chi connectivity index (χ1v) is 9.08. The molecule has 110 valence electrons. The van der Waals surface area contributed by atoms with Gasteiger partial charge in [0.25, 0.3) is 0 Å². The van der Waals surface area contributed by atoms with Gasteiger partial charge in [0.1, 0.15) is 0 Å². The largest absolute Gasteiger partial charge is 0.335 e. The van der Waals surface area contributed by atoms with Gasteiger partial charge in [-0.2, -0.15) is 0 Å². The molecule has 0 radical (unpaired) electrons. The van der Waals surface area contributed by atoms with Crippen molar-refractivity contribution in [3.63, 3.8) is 0 Å². The number of hydrogen-bond acceptors (Lipinski definition) is 3. The van der Waals surface area contributed by atoms with Crippen LogP contribution < -0.4 is 5.32 Å². The smallest absolute Gasteiger partial charge is 0.317 e. The minimum absolute atomic E-state index is 0.0864. The summed E-state index contributed by atoms with van der Waals surface area (Å²) in [6, 6.07) is 0.182. The molecule has 2 fully saturated rings. The second-order valence-electron chi connectivity index (χ2n) is 5.73. The molecule has 0 bridgehead atoms. The van der Waals surface area contributed by atoms with Crippen LogP contribution in [0.1, 0.15) is 39.0 Å². The Morgan fingerprint density at radius 3 is 2.58 bits per heavy atom. The summed E-state index contributed by atoms with van der Waals surface area (Å²) < 4.78 is 22.7. The summed E-state index contributed by atoms with van der Waals surface area (Å²) in [6.45, 7) is 2.86. The van der Waals surface area contributed by atoms with E-state index in [0.717, 1.165) is 18.8 Å². The Morgan fingerprint density at radius 2 is 1.95 bits per heavy atom. The third kappa shape index (κ3) is 4.09. The Labute approximate surface area is 115 Å². The van der Waals surface area contributed by atoms with Gasteiger partial charge in [0.2, 0.25) is 0 Å². The monoisotopic (exact) mass is 288 g/mol. The van der Waals surface area contributed by atoms with Crippen LogP contribution in [0.4, 0.5) is 4.79 Å². The zero-order valence-electron chi connectivity index (χ0n) is 11.6. The van der Waals surface area contributed by atoms with Crippen molar-refractivity contribution in [1.82, 2.24) is 10.2 Å². The van der Waals surface area contributed by atoms with Crippen LogP contribution in [-0.4, -0.2) is 50.0 Å². The first-order valence-electron chi connectivity index (χ1n) is 7.26. The molecule has 0 aromatic rings. The zero-order chi connectivity index (χ0) is 13.9. The quantitative estimate of drug-likeness (QED) is 0.835. The van der Waals surface area contributed by atoms with Gasteiger partial charge in [0.05, 0.1) is 11.5 Å². The second kappa shape index (κ2) is 6.11. The number of hydrogen-bond donors (Lipinski definition) is 1. The first-order chi connectivity index (χ1) is 9.00. The van der Waals surface area contributed by atoms with Crippen molar-refractivity contribution in [2.75, 3.05) is 24.6 Å². The van der Waals surface area contributed by atoms with E-state index in [2.05, 4.69) is 12.2 Å². The van der Waals surface area contributed by atoms with E-state index in [9.17, 15) is 13.2 Å². The van der Waals surface area contributed by atoms with Gasteiger partial charge >= 0.3 is 6.03 Å². The molecular weight excluding hydrogens is 264 g/mol. The molecule has 1 aliphatic heterocycles. The van der Waals surface area contributed by atoms with Crippen molar-refractivity contribution in [3.8, 4) is 0 Å². The van der Waals surface area contributed by atoms with E-state index in [1.165, 1.54) is 19.3 Å². The number of nitrogens with one attached hydrogen (secondary N) is 1. The maximum Gasteiger partial charge on any atom is 0.317 e. The van der Waals surface area contributed by atoms with Gasteiger partial charge < -0.3 is 10.2 Å². The lowest BCUT2D eigenvalue weighted by molar-refractivity contribution is 0.189. The topological polar surface area (TPSA) is 66.5 Å². The molecule has 2 rings (SSSR count). The highest BCUT2D eigenvalue weighted by molar-refractivity contribution is 7.91. The predicted molar refractivity (Wildman–Crippen MR) is 74.8 cm³/mol. The molecule has 0 aromatic heterocycles. The van der Waals surface area contributed by atoms with Crippen LogP contribution in [0.3, 0.4) is 0 Å². The highest BCUT2D eigenvalue weighted by Crippen LogP contribution is 2.26.